The summed E-state index contributed by atoms with van der Waals surface area (Å²) in [5, 5.41) is 3.00. The van der Waals surface area contributed by atoms with E-state index in [4.69, 9.17) is 0 Å². The molecule has 0 heterocycles. The van der Waals surface area contributed by atoms with Crippen molar-refractivity contribution in [3.63, 3.8) is 0 Å². The number of benzene rings is 1. The summed E-state index contributed by atoms with van der Waals surface area (Å²) < 4.78 is 0. The van der Waals surface area contributed by atoms with Crippen molar-refractivity contribution < 1.29 is 4.79 Å². The molecule has 1 amide bonds. The number of nitrogens with one attached hydrogen (secondary N) is 1. The predicted molar refractivity (Wildman–Crippen MR) is 66.0 cm³/mol. The molecule has 1 aromatic rings. The van der Waals surface area contributed by atoms with E-state index in [-0.39, 0.29) is 16.8 Å². The number of hydrogen-bond donors (Lipinski definition) is 1. The Labute approximate surface area is 99.2 Å². The fraction of sp³-hybridized carbons (Fsp3) is 0.417. The van der Waals surface area contributed by atoms with Crippen LogP contribution in [0, 0.1) is 0 Å². The molecular weight excluding hydrogens is 254 g/mol. The van der Waals surface area contributed by atoms with Gasteiger partial charge >= 0.3 is 0 Å². The number of carbonyl (C=O) groups is 1. The molecule has 0 aliphatic rings. The van der Waals surface area contributed by atoms with Gasteiger partial charge in [-0.1, -0.05) is 53.2 Å². The Kier molecular flexibility index (Phi) is 4.82. The third-order valence-electron chi connectivity index (χ3n) is 2.29. The minimum Gasteiger partial charge on any atom is -0.348 e. The number of amides is 1. The Morgan fingerprint density at radius 3 is 2.47 bits per heavy atom. The van der Waals surface area contributed by atoms with Crippen LogP contribution in [0.4, 0.5) is 0 Å². The van der Waals surface area contributed by atoms with E-state index in [0.29, 0.717) is 0 Å². The van der Waals surface area contributed by atoms with Crippen molar-refractivity contribution in [3.8, 4) is 0 Å². The molecule has 2 atom stereocenters. The highest BCUT2D eigenvalue weighted by Crippen LogP contribution is 2.16. The highest BCUT2D eigenvalue weighted by Gasteiger charge is 2.15. The van der Waals surface area contributed by atoms with Gasteiger partial charge in [0.1, 0.15) is 0 Å². The molecule has 1 N–H and O–H groups in total. The number of hydrogen-bond acceptors (Lipinski definition) is 1. The molecular formula is C12H16BrNO. The Hall–Kier alpha value is -0.830. The van der Waals surface area contributed by atoms with Gasteiger partial charge in [-0.2, -0.15) is 0 Å². The van der Waals surface area contributed by atoms with Crippen LogP contribution in [0.5, 0.6) is 0 Å². The summed E-state index contributed by atoms with van der Waals surface area (Å²) in [5.74, 6) is 0.0331. The number of rotatable bonds is 4. The van der Waals surface area contributed by atoms with Gasteiger partial charge in [-0.15, -0.1) is 0 Å². The fourth-order valence-corrected chi connectivity index (χ4v) is 1.53. The molecule has 3 heteroatoms. The zero-order chi connectivity index (χ0) is 11.3. The van der Waals surface area contributed by atoms with Gasteiger partial charge < -0.3 is 5.32 Å². The maximum atomic E-state index is 11.5. The Bertz CT molecular complexity index is 311. The molecule has 82 valence electrons. The van der Waals surface area contributed by atoms with Gasteiger partial charge in [-0.05, 0) is 18.9 Å². The largest absolute Gasteiger partial charge is 0.348 e. The summed E-state index contributed by atoms with van der Waals surface area (Å²) in [5.41, 5.74) is 1.15. The van der Waals surface area contributed by atoms with E-state index in [2.05, 4.69) is 28.2 Å². The van der Waals surface area contributed by atoms with E-state index in [9.17, 15) is 4.79 Å². The van der Waals surface area contributed by atoms with Gasteiger partial charge in [0.25, 0.3) is 0 Å². The van der Waals surface area contributed by atoms with Crippen LogP contribution in [0.2, 0.25) is 0 Å². The topological polar surface area (TPSA) is 29.1 Å². The molecule has 0 saturated heterocycles. The molecule has 0 bridgehead atoms. The van der Waals surface area contributed by atoms with Crippen LogP contribution in [0.15, 0.2) is 30.3 Å². The second-order valence-electron chi connectivity index (χ2n) is 3.50. The second kappa shape index (κ2) is 5.91. The highest BCUT2D eigenvalue weighted by molar-refractivity contribution is 9.10. The average molecular weight is 270 g/mol. The molecule has 0 radical (unpaired) electrons. The lowest BCUT2D eigenvalue weighted by Crippen LogP contribution is -2.32. The Balaban J connectivity index is 2.69. The van der Waals surface area contributed by atoms with Crippen LogP contribution in [0.1, 0.15) is 31.9 Å². The van der Waals surface area contributed by atoms with E-state index < -0.39 is 0 Å². The molecule has 0 spiro atoms. The minimum absolute atomic E-state index is 0.0331. The van der Waals surface area contributed by atoms with Crippen LogP contribution >= 0.6 is 15.9 Å². The summed E-state index contributed by atoms with van der Waals surface area (Å²) in [6.45, 7) is 3.89. The Morgan fingerprint density at radius 2 is 2.00 bits per heavy atom. The summed E-state index contributed by atoms with van der Waals surface area (Å²) in [7, 11) is 0. The zero-order valence-corrected chi connectivity index (χ0v) is 10.6. The van der Waals surface area contributed by atoms with Gasteiger partial charge in [0.05, 0.1) is 10.9 Å². The fourth-order valence-electron chi connectivity index (χ4n) is 1.39. The third kappa shape index (κ3) is 3.67. The molecule has 1 rings (SSSR count). The average Bonchev–Trinajstić information content (AvgIpc) is 2.26. The summed E-state index contributed by atoms with van der Waals surface area (Å²) in [4.78, 5) is 11.4. The Morgan fingerprint density at radius 1 is 1.40 bits per heavy atom. The molecule has 1 aromatic carbocycles. The quantitative estimate of drug-likeness (QED) is 0.837. The molecule has 0 aliphatic carbocycles. The van der Waals surface area contributed by atoms with Crippen molar-refractivity contribution in [1.82, 2.24) is 5.32 Å². The van der Waals surface area contributed by atoms with Gasteiger partial charge in [-0.25, -0.2) is 0 Å². The van der Waals surface area contributed by atoms with Crippen LogP contribution in [0.3, 0.4) is 0 Å². The first-order chi connectivity index (χ1) is 7.15. The van der Waals surface area contributed by atoms with Crippen LogP contribution in [-0.4, -0.2) is 10.7 Å². The molecule has 15 heavy (non-hydrogen) atoms. The number of halogens is 1. The van der Waals surface area contributed by atoms with E-state index in [1.807, 2.05) is 37.3 Å². The van der Waals surface area contributed by atoms with Gasteiger partial charge in [0.15, 0.2) is 0 Å². The molecule has 0 aliphatic heterocycles. The lowest BCUT2D eigenvalue weighted by Gasteiger charge is -2.18. The first-order valence-electron chi connectivity index (χ1n) is 5.14. The standard InChI is InChI=1S/C12H16BrNO/c1-3-11(14-12(15)9(2)13)10-7-5-4-6-8-10/h4-9,11H,3H2,1-2H3,(H,14,15)/t9-,11-/m1/s1. The lowest BCUT2D eigenvalue weighted by atomic mass is 10.0. The lowest BCUT2D eigenvalue weighted by molar-refractivity contribution is -0.120. The van der Waals surface area contributed by atoms with E-state index in [1.165, 1.54) is 0 Å². The monoisotopic (exact) mass is 269 g/mol. The first kappa shape index (κ1) is 12.2. The van der Waals surface area contributed by atoms with Gasteiger partial charge in [0, 0.05) is 0 Å². The minimum atomic E-state index is -0.143. The number of alkyl halides is 1. The molecule has 0 unspecified atom stereocenters. The van der Waals surface area contributed by atoms with Crippen molar-refractivity contribution in [1.29, 1.82) is 0 Å². The maximum Gasteiger partial charge on any atom is 0.233 e. The summed E-state index contributed by atoms with van der Waals surface area (Å²) >= 11 is 3.26. The van der Waals surface area contributed by atoms with E-state index in [0.717, 1.165) is 12.0 Å². The summed E-state index contributed by atoms with van der Waals surface area (Å²) in [6, 6.07) is 10.1. The smallest absolute Gasteiger partial charge is 0.233 e. The van der Waals surface area contributed by atoms with Gasteiger partial charge in [-0.3, -0.25) is 4.79 Å². The van der Waals surface area contributed by atoms with Crippen molar-refractivity contribution in [2.75, 3.05) is 0 Å². The molecule has 0 aromatic heterocycles. The van der Waals surface area contributed by atoms with Crippen molar-refractivity contribution in [2.45, 2.75) is 31.1 Å². The molecule has 2 nitrogen and oxygen atoms in total. The molecule has 0 fully saturated rings. The van der Waals surface area contributed by atoms with Crippen molar-refractivity contribution in [3.05, 3.63) is 35.9 Å². The van der Waals surface area contributed by atoms with Crippen molar-refractivity contribution in [2.24, 2.45) is 0 Å². The van der Waals surface area contributed by atoms with Crippen LogP contribution < -0.4 is 5.32 Å². The predicted octanol–water partition coefficient (Wildman–Crippen LogP) is 3.04. The first-order valence-corrected chi connectivity index (χ1v) is 6.06. The SMILES string of the molecule is CC[C@@H](NC(=O)[C@@H](C)Br)c1ccccc1. The highest BCUT2D eigenvalue weighted by atomic mass is 79.9. The van der Waals surface area contributed by atoms with Crippen LogP contribution in [0.25, 0.3) is 0 Å². The zero-order valence-electron chi connectivity index (χ0n) is 9.03. The van der Waals surface area contributed by atoms with E-state index >= 15 is 0 Å². The maximum absolute atomic E-state index is 11.5. The molecule has 0 saturated carbocycles. The van der Waals surface area contributed by atoms with Gasteiger partial charge in [0.2, 0.25) is 5.91 Å². The second-order valence-corrected chi connectivity index (χ2v) is 4.87. The van der Waals surface area contributed by atoms with Crippen LogP contribution in [-0.2, 0) is 4.79 Å². The number of carbonyl (C=O) groups excluding carboxylic acids is 1. The normalized spacial score (nSPS) is 14.3. The van der Waals surface area contributed by atoms with E-state index in [1.54, 1.807) is 0 Å². The van der Waals surface area contributed by atoms with Crippen molar-refractivity contribution >= 4 is 21.8 Å². The third-order valence-corrected chi connectivity index (χ3v) is 2.70. The summed E-state index contributed by atoms with van der Waals surface area (Å²) in [6.07, 6.45) is 0.898.